The number of ketones is 1. The molecule has 2 saturated carbocycles. The van der Waals surface area contributed by atoms with Gasteiger partial charge in [-0.25, -0.2) is 4.39 Å². The summed E-state index contributed by atoms with van der Waals surface area (Å²) in [5.41, 5.74) is 0.400. The minimum atomic E-state index is -0.856. The van der Waals surface area contributed by atoms with Gasteiger partial charge in [0.2, 0.25) is 5.91 Å². The number of Topliss-reactive ketones (excluding diaryl/α,β-unsaturated/α-hetero) is 1. The van der Waals surface area contributed by atoms with Crippen LogP contribution in [0.25, 0.3) is 0 Å². The summed E-state index contributed by atoms with van der Waals surface area (Å²) in [5, 5.41) is 0. The summed E-state index contributed by atoms with van der Waals surface area (Å²) in [6, 6.07) is 4.68. The standard InChI is InChI=1S/C20H24FNO2/c1-12-4-5-13-10-15(21)6-7-16(13)22(12)18(24)20-9-8-14(11-20)19(2,3)17(20)23/h6-7,10,12,14H,4-5,8-9,11H2,1-3H3. The zero-order valence-corrected chi connectivity index (χ0v) is 14.6. The van der Waals surface area contributed by atoms with Crippen molar-refractivity contribution >= 4 is 17.4 Å². The van der Waals surface area contributed by atoms with E-state index in [1.807, 2.05) is 20.8 Å². The van der Waals surface area contributed by atoms with Crippen LogP contribution >= 0.6 is 0 Å². The first-order valence-electron chi connectivity index (χ1n) is 8.94. The quantitative estimate of drug-likeness (QED) is 0.733. The van der Waals surface area contributed by atoms with Gasteiger partial charge < -0.3 is 4.90 Å². The minimum absolute atomic E-state index is 0.0420. The fourth-order valence-corrected chi connectivity index (χ4v) is 5.22. The summed E-state index contributed by atoms with van der Waals surface area (Å²) < 4.78 is 13.6. The molecule has 3 aliphatic rings. The number of nitrogens with zero attached hydrogens (tertiary/aromatic N) is 1. The molecule has 3 atom stereocenters. The second kappa shape index (κ2) is 4.90. The average molecular weight is 329 g/mol. The fraction of sp³-hybridized carbons (Fsp3) is 0.600. The van der Waals surface area contributed by atoms with Crippen molar-refractivity contribution in [2.45, 2.75) is 58.9 Å². The van der Waals surface area contributed by atoms with Crippen LogP contribution < -0.4 is 4.90 Å². The Morgan fingerprint density at radius 2 is 2.04 bits per heavy atom. The zero-order valence-electron chi connectivity index (χ0n) is 14.6. The molecule has 0 radical (unpaired) electrons. The van der Waals surface area contributed by atoms with E-state index in [0.29, 0.717) is 18.8 Å². The molecule has 128 valence electrons. The zero-order chi connectivity index (χ0) is 17.3. The number of amides is 1. The van der Waals surface area contributed by atoms with Crippen molar-refractivity contribution in [1.29, 1.82) is 0 Å². The van der Waals surface area contributed by atoms with Gasteiger partial charge in [-0.1, -0.05) is 13.8 Å². The monoisotopic (exact) mass is 329 g/mol. The largest absolute Gasteiger partial charge is 0.308 e. The Hall–Kier alpha value is -1.71. The van der Waals surface area contributed by atoms with Gasteiger partial charge in [0.05, 0.1) is 0 Å². The Kier molecular flexibility index (Phi) is 3.23. The van der Waals surface area contributed by atoms with Crippen molar-refractivity contribution in [3.63, 3.8) is 0 Å². The highest BCUT2D eigenvalue weighted by Gasteiger charge is 2.66. The van der Waals surface area contributed by atoms with Crippen LogP contribution in [-0.2, 0) is 16.0 Å². The number of hydrogen-bond donors (Lipinski definition) is 0. The molecule has 4 heteroatoms. The Labute approximate surface area is 142 Å². The van der Waals surface area contributed by atoms with Gasteiger partial charge in [0, 0.05) is 17.1 Å². The van der Waals surface area contributed by atoms with E-state index in [-0.39, 0.29) is 23.5 Å². The first-order valence-corrected chi connectivity index (χ1v) is 8.94. The predicted octanol–water partition coefficient (Wildman–Crippen LogP) is 3.89. The summed E-state index contributed by atoms with van der Waals surface area (Å²) in [7, 11) is 0. The van der Waals surface area contributed by atoms with Crippen LogP contribution in [0.3, 0.4) is 0 Å². The second-order valence-corrected chi connectivity index (χ2v) is 8.41. The van der Waals surface area contributed by atoms with Gasteiger partial charge in [0.15, 0.2) is 5.78 Å². The highest BCUT2D eigenvalue weighted by Crippen LogP contribution is 2.61. The lowest BCUT2D eigenvalue weighted by molar-refractivity contribution is -0.144. The number of rotatable bonds is 1. The molecule has 0 spiro atoms. The molecule has 1 aromatic rings. The van der Waals surface area contributed by atoms with Crippen molar-refractivity contribution in [3.05, 3.63) is 29.6 Å². The number of fused-ring (bicyclic) bond motifs is 3. The number of carbonyl (C=O) groups is 2. The molecule has 0 saturated heterocycles. The molecule has 2 fully saturated rings. The predicted molar refractivity (Wildman–Crippen MR) is 90.2 cm³/mol. The molecule has 1 amide bonds. The van der Waals surface area contributed by atoms with Crippen molar-refractivity contribution in [1.82, 2.24) is 0 Å². The van der Waals surface area contributed by atoms with Gasteiger partial charge in [-0.05, 0) is 68.7 Å². The van der Waals surface area contributed by atoms with Gasteiger partial charge >= 0.3 is 0 Å². The summed E-state index contributed by atoms with van der Waals surface area (Å²) in [5.74, 6) is 0.0907. The van der Waals surface area contributed by atoms with Crippen molar-refractivity contribution < 1.29 is 14.0 Å². The fourth-order valence-electron chi connectivity index (χ4n) is 5.22. The van der Waals surface area contributed by atoms with E-state index in [4.69, 9.17) is 0 Å². The van der Waals surface area contributed by atoms with Crippen LogP contribution in [0.4, 0.5) is 10.1 Å². The van der Waals surface area contributed by atoms with Gasteiger partial charge in [-0.3, -0.25) is 9.59 Å². The van der Waals surface area contributed by atoms with E-state index in [2.05, 4.69) is 0 Å². The highest BCUT2D eigenvalue weighted by atomic mass is 19.1. The first kappa shape index (κ1) is 15.8. The molecule has 1 aromatic carbocycles. The van der Waals surface area contributed by atoms with Crippen LogP contribution in [0.5, 0.6) is 0 Å². The molecule has 2 aliphatic carbocycles. The Bertz CT molecular complexity index is 741. The number of benzene rings is 1. The van der Waals surface area contributed by atoms with Gasteiger partial charge in [-0.15, -0.1) is 0 Å². The van der Waals surface area contributed by atoms with Crippen LogP contribution in [0.15, 0.2) is 18.2 Å². The lowest BCUT2D eigenvalue weighted by Gasteiger charge is -2.41. The Morgan fingerprint density at radius 1 is 1.29 bits per heavy atom. The average Bonchev–Trinajstić information content (AvgIpc) is 3.07. The maximum absolute atomic E-state index is 13.6. The summed E-state index contributed by atoms with van der Waals surface area (Å²) in [6.07, 6.45) is 3.87. The number of anilines is 1. The normalized spacial score (nSPS) is 33.7. The van der Waals surface area contributed by atoms with E-state index in [1.165, 1.54) is 12.1 Å². The minimum Gasteiger partial charge on any atom is -0.308 e. The molecule has 1 aliphatic heterocycles. The number of carbonyl (C=O) groups excluding carboxylic acids is 2. The summed E-state index contributed by atoms with van der Waals surface area (Å²) in [4.78, 5) is 28.4. The number of aryl methyl sites for hydroxylation is 1. The molecule has 0 N–H and O–H groups in total. The molecule has 3 unspecified atom stereocenters. The third kappa shape index (κ3) is 1.88. The van der Waals surface area contributed by atoms with Crippen LogP contribution in [-0.4, -0.2) is 17.7 Å². The molecule has 0 aromatic heterocycles. The lowest BCUT2D eigenvalue weighted by Crippen LogP contribution is -2.53. The maximum Gasteiger partial charge on any atom is 0.240 e. The van der Waals surface area contributed by atoms with Crippen molar-refractivity contribution in [2.24, 2.45) is 16.7 Å². The van der Waals surface area contributed by atoms with Crippen molar-refractivity contribution in [3.8, 4) is 0 Å². The van der Waals surface area contributed by atoms with E-state index in [9.17, 15) is 14.0 Å². The smallest absolute Gasteiger partial charge is 0.240 e. The molecule has 2 bridgehead atoms. The van der Waals surface area contributed by atoms with Crippen LogP contribution in [0, 0.1) is 22.6 Å². The third-order valence-electron chi connectivity index (χ3n) is 6.76. The molecular weight excluding hydrogens is 305 g/mol. The number of hydrogen-bond acceptors (Lipinski definition) is 2. The molecular formula is C20H24FNO2. The summed E-state index contributed by atoms with van der Waals surface area (Å²) >= 11 is 0. The van der Waals surface area contributed by atoms with Gasteiger partial charge in [0.25, 0.3) is 0 Å². The number of halogens is 1. The lowest BCUT2D eigenvalue weighted by atomic mass is 9.70. The van der Waals surface area contributed by atoms with Gasteiger partial charge in [0.1, 0.15) is 11.2 Å². The van der Waals surface area contributed by atoms with E-state index in [0.717, 1.165) is 30.5 Å². The molecule has 24 heavy (non-hydrogen) atoms. The highest BCUT2D eigenvalue weighted by molar-refractivity contribution is 6.16. The van der Waals surface area contributed by atoms with Crippen LogP contribution in [0.1, 0.15) is 52.0 Å². The van der Waals surface area contributed by atoms with E-state index >= 15 is 0 Å². The van der Waals surface area contributed by atoms with Gasteiger partial charge in [-0.2, -0.15) is 0 Å². The summed E-state index contributed by atoms with van der Waals surface area (Å²) in [6.45, 7) is 5.99. The van der Waals surface area contributed by atoms with Crippen molar-refractivity contribution in [2.75, 3.05) is 4.90 Å². The SMILES string of the molecule is CC1CCc2cc(F)ccc2N1C(=O)C12CCC(C1)C(C)(C)C2=O. The Morgan fingerprint density at radius 3 is 2.71 bits per heavy atom. The molecule has 1 heterocycles. The Balaban J connectivity index is 1.77. The maximum atomic E-state index is 13.6. The van der Waals surface area contributed by atoms with E-state index in [1.54, 1.807) is 11.0 Å². The third-order valence-corrected chi connectivity index (χ3v) is 6.76. The van der Waals surface area contributed by atoms with Crippen LogP contribution in [0.2, 0.25) is 0 Å². The second-order valence-electron chi connectivity index (χ2n) is 8.41. The first-order chi connectivity index (χ1) is 11.3. The topological polar surface area (TPSA) is 37.4 Å². The van der Waals surface area contributed by atoms with E-state index < -0.39 is 10.8 Å². The molecule has 4 rings (SSSR count). The molecule has 3 nitrogen and oxygen atoms in total.